The Bertz CT molecular complexity index is 1900. The van der Waals surface area contributed by atoms with E-state index in [4.69, 9.17) is 31.0 Å². The maximum atomic E-state index is 12.7. The number of phosphoric ester groups is 3. The van der Waals surface area contributed by atoms with Gasteiger partial charge in [-0.1, -0.05) is 25.6 Å². The van der Waals surface area contributed by atoms with Crippen LogP contribution in [0.25, 0.3) is 11.2 Å². The number of aromatic nitrogens is 4. The molecule has 8 unspecified atom stereocenters. The summed E-state index contributed by atoms with van der Waals surface area (Å²) in [4.78, 5) is 98.2. The molecule has 57 heavy (non-hydrogen) atoms. The molecule has 8 atom stereocenters. The number of amides is 3. The Morgan fingerprint density at radius 1 is 1.04 bits per heavy atom. The zero-order valence-electron chi connectivity index (χ0n) is 30.1. The van der Waals surface area contributed by atoms with E-state index in [1.54, 1.807) is 0 Å². The summed E-state index contributed by atoms with van der Waals surface area (Å²) in [7, 11) is -16.4. The number of nitrogen functional groups attached to an aromatic ring is 1. The first kappa shape index (κ1) is 48.4. The Kier molecular flexibility index (Phi) is 17.2. The molecule has 27 nitrogen and oxygen atoms in total. The van der Waals surface area contributed by atoms with Gasteiger partial charge < -0.3 is 62.4 Å². The average Bonchev–Trinajstić information content (AvgIpc) is 3.66. The lowest BCUT2D eigenvalue weighted by atomic mass is 9.87. The number of nitrogens with one attached hydrogen (secondary N) is 2. The second kappa shape index (κ2) is 20.3. The molecule has 322 valence electrons. The summed E-state index contributed by atoms with van der Waals surface area (Å²) in [5.74, 6) is -2.07. The molecular formula is C26H44N9O18P3S. The lowest BCUT2D eigenvalue weighted by Gasteiger charge is -2.30. The van der Waals surface area contributed by atoms with Crippen molar-refractivity contribution in [1.29, 1.82) is 0 Å². The predicted molar refractivity (Wildman–Crippen MR) is 194 cm³/mol. The number of anilines is 1. The molecule has 0 radical (unpaired) electrons. The van der Waals surface area contributed by atoms with Crippen LogP contribution in [0.1, 0.15) is 39.3 Å². The van der Waals surface area contributed by atoms with E-state index in [0.29, 0.717) is 0 Å². The number of hydrogen-bond acceptors (Lipinski definition) is 20. The molecule has 3 heterocycles. The lowest BCUT2D eigenvalue weighted by Crippen LogP contribution is -2.46. The number of phosphoric acid groups is 3. The summed E-state index contributed by atoms with van der Waals surface area (Å²) in [6, 6.07) is -0.940. The fourth-order valence-electron chi connectivity index (χ4n) is 4.78. The van der Waals surface area contributed by atoms with Gasteiger partial charge in [0.2, 0.25) is 17.7 Å². The van der Waals surface area contributed by atoms with Crippen molar-refractivity contribution in [3.05, 3.63) is 12.7 Å². The van der Waals surface area contributed by atoms with Gasteiger partial charge in [-0.15, -0.1) is 0 Å². The van der Waals surface area contributed by atoms with Crippen LogP contribution in [0.2, 0.25) is 0 Å². The Hall–Kier alpha value is -3.01. The highest BCUT2D eigenvalue weighted by Crippen LogP contribution is 2.61. The maximum Gasteiger partial charge on any atom is 0.481 e. The van der Waals surface area contributed by atoms with E-state index in [2.05, 4.69) is 34.4 Å². The van der Waals surface area contributed by atoms with Crippen LogP contribution < -0.4 is 27.8 Å². The largest absolute Gasteiger partial charge is 0.481 e. The molecule has 0 spiro atoms. The van der Waals surface area contributed by atoms with Gasteiger partial charge >= 0.3 is 23.5 Å². The number of aliphatic hydroxyl groups is 2. The van der Waals surface area contributed by atoms with Gasteiger partial charge in [-0.05, 0) is 6.42 Å². The first-order chi connectivity index (χ1) is 26.3. The van der Waals surface area contributed by atoms with E-state index in [-0.39, 0.29) is 60.2 Å². The van der Waals surface area contributed by atoms with Gasteiger partial charge in [0.05, 0.1) is 25.6 Å². The molecule has 0 bridgehead atoms. The van der Waals surface area contributed by atoms with Crippen LogP contribution in [0, 0.1) is 5.41 Å². The van der Waals surface area contributed by atoms with Crippen molar-refractivity contribution in [3.63, 3.8) is 0 Å². The van der Waals surface area contributed by atoms with Crippen molar-refractivity contribution >= 4 is 75.0 Å². The molecule has 31 heteroatoms. The Morgan fingerprint density at radius 2 is 1.70 bits per heavy atom. The SMILES string of the molecule is CC(C)(COP(=O)(O)OP(=O)(O)OCC1OC(n2cnc3c(N)ncnc32)C(O)C1OP(=O)(O)O)C(O)C(=O)NCCC(=O)NCCSC(=O)CCC(N)C(N)=O. The summed E-state index contributed by atoms with van der Waals surface area (Å²) < 4.78 is 62.0. The lowest BCUT2D eigenvalue weighted by molar-refractivity contribution is -0.137. The highest BCUT2D eigenvalue weighted by Gasteiger charge is 2.50. The summed E-state index contributed by atoms with van der Waals surface area (Å²) in [6.07, 6.45) is -6.97. The summed E-state index contributed by atoms with van der Waals surface area (Å²) >= 11 is 0.916. The van der Waals surface area contributed by atoms with E-state index in [0.717, 1.165) is 29.0 Å². The summed E-state index contributed by atoms with van der Waals surface area (Å²) in [5, 5.41) is 26.0. The minimum atomic E-state index is -5.59. The second-order valence-corrected chi connectivity index (χ2v) is 18.2. The van der Waals surface area contributed by atoms with Crippen molar-refractivity contribution in [2.24, 2.45) is 16.9 Å². The number of carbonyl (C=O) groups excluding carboxylic acids is 4. The normalized spacial score (nSPS) is 22.0. The fourth-order valence-corrected chi connectivity index (χ4v) is 8.31. The summed E-state index contributed by atoms with van der Waals surface area (Å²) in [6.45, 7) is 0.255. The molecule has 1 aliphatic rings. The van der Waals surface area contributed by atoms with Crippen LogP contribution in [-0.4, -0.2) is 135 Å². The zero-order valence-corrected chi connectivity index (χ0v) is 33.6. The Labute approximate surface area is 327 Å². The number of rotatable bonds is 23. The molecule has 14 N–H and O–H groups in total. The molecule has 1 aliphatic heterocycles. The molecule has 0 aliphatic carbocycles. The van der Waals surface area contributed by atoms with Crippen LogP contribution in [0.4, 0.5) is 5.82 Å². The first-order valence-corrected chi connectivity index (χ1v) is 21.9. The van der Waals surface area contributed by atoms with Gasteiger partial charge in [0.1, 0.15) is 36.3 Å². The Morgan fingerprint density at radius 3 is 2.35 bits per heavy atom. The Balaban J connectivity index is 1.47. The molecule has 2 aromatic rings. The molecule has 1 fully saturated rings. The van der Waals surface area contributed by atoms with Crippen LogP contribution >= 0.6 is 35.2 Å². The van der Waals surface area contributed by atoms with Gasteiger partial charge in [-0.2, -0.15) is 4.31 Å². The van der Waals surface area contributed by atoms with Crippen LogP contribution in [0.5, 0.6) is 0 Å². The number of fused-ring (bicyclic) bond motifs is 1. The van der Waals surface area contributed by atoms with Crippen LogP contribution in [0.3, 0.4) is 0 Å². The number of primary amides is 1. The number of nitrogens with two attached hydrogens (primary N) is 3. The third-order valence-electron chi connectivity index (χ3n) is 7.79. The van der Waals surface area contributed by atoms with Gasteiger partial charge in [-0.25, -0.2) is 28.6 Å². The van der Waals surface area contributed by atoms with E-state index in [9.17, 15) is 62.7 Å². The molecule has 0 aromatic carbocycles. The first-order valence-electron chi connectivity index (χ1n) is 16.4. The number of ether oxygens (including phenoxy) is 1. The average molecular weight is 896 g/mol. The van der Waals surface area contributed by atoms with Crippen LogP contribution in [0.15, 0.2) is 12.7 Å². The van der Waals surface area contributed by atoms with Crippen molar-refractivity contribution in [3.8, 4) is 0 Å². The molecule has 1 saturated heterocycles. The van der Waals surface area contributed by atoms with Crippen molar-refractivity contribution in [2.45, 2.75) is 69.8 Å². The standard InChI is InChI=1S/C26H44N9O18P3S/c1-26(2,20(39)24(41)31-6-5-15(36)30-7-8-57-16(37)4-3-13(27)22(29)40)10-50-56(47,48)53-55(45,46)49-9-14-19(52-54(42,43)44)18(38)25(51-14)35-12-34-17-21(28)32-11-33-23(17)35/h11-14,18-20,25,38-39H,3-10,27H2,1-2H3,(H2,29,40)(H,30,36)(H,31,41)(H,45,46)(H,47,48)(H2,28,32,33)(H2,42,43,44). The van der Waals surface area contributed by atoms with Crippen LogP contribution in [-0.2, 0) is 55.5 Å². The quantitative estimate of drug-likeness (QED) is 0.0398. The van der Waals surface area contributed by atoms with E-state index >= 15 is 0 Å². The van der Waals surface area contributed by atoms with Gasteiger partial charge in [0, 0.05) is 37.1 Å². The van der Waals surface area contributed by atoms with Gasteiger partial charge in [-0.3, -0.25) is 37.3 Å². The highest BCUT2D eigenvalue weighted by molar-refractivity contribution is 8.13. The number of thioether (sulfide) groups is 1. The molecule has 2 aromatic heterocycles. The van der Waals surface area contributed by atoms with Crippen molar-refractivity contribution in [2.75, 3.05) is 37.8 Å². The monoisotopic (exact) mass is 895 g/mol. The molecule has 3 rings (SSSR count). The number of hydrogen-bond donors (Lipinski definition) is 11. The second-order valence-electron chi connectivity index (χ2n) is 12.8. The predicted octanol–water partition coefficient (Wildman–Crippen LogP) is -2.74. The summed E-state index contributed by atoms with van der Waals surface area (Å²) in [5.41, 5.74) is 14.7. The van der Waals surface area contributed by atoms with E-state index in [1.165, 1.54) is 13.8 Å². The third-order valence-corrected chi connectivity index (χ3v) is 11.8. The number of carbonyl (C=O) groups is 4. The van der Waals surface area contributed by atoms with Gasteiger partial charge in [0.25, 0.3) is 0 Å². The minimum Gasteiger partial charge on any atom is -0.386 e. The molecular weight excluding hydrogens is 851 g/mol. The van der Waals surface area contributed by atoms with Gasteiger partial charge in [0.15, 0.2) is 22.8 Å². The highest BCUT2D eigenvalue weighted by atomic mass is 32.2. The number of imidazole rings is 1. The third kappa shape index (κ3) is 15.0. The van der Waals surface area contributed by atoms with Crippen molar-refractivity contribution in [1.82, 2.24) is 30.2 Å². The fraction of sp³-hybridized carbons (Fsp3) is 0.654. The zero-order chi connectivity index (χ0) is 42.9. The number of nitrogens with zero attached hydrogens (tertiary/aromatic N) is 4. The molecule has 0 saturated carbocycles. The van der Waals surface area contributed by atoms with E-state index in [1.807, 2.05) is 0 Å². The maximum absolute atomic E-state index is 12.7. The minimum absolute atomic E-state index is 0.0185. The van der Waals surface area contributed by atoms with E-state index < -0.39 is 96.5 Å². The number of aliphatic hydroxyl groups excluding tert-OH is 2. The smallest absolute Gasteiger partial charge is 0.386 e. The topological polar surface area (TPSA) is 433 Å². The molecule has 3 amide bonds. The van der Waals surface area contributed by atoms with Crippen molar-refractivity contribution < 1.29 is 85.3 Å².